The third-order valence-corrected chi connectivity index (χ3v) is 2.15. The van der Waals surface area contributed by atoms with E-state index in [0.717, 1.165) is 12.0 Å². The highest BCUT2D eigenvalue weighted by molar-refractivity contribution is 9.10. The van der Waals surface area contributed by atoms with Crippen molar-refractivity contribution in [1.82, 2.24) is 4.98 Å². The summed E-state index contributed by atoms with van der Waals surface area (Å²) in [5.41, 5.74) is 1.29. The number of esters is 1. The first-order chi connectivity index (χ1) is 6.19. The Morgan fingerprint density at radius 3 is 2.85 bits per heavy atom. The van der Waals surface area contributed by atoms with Crippen LogP contribution < -0.4 is 0 Å². The van der Waals surface area contributed by atoms with Gasteiger partial charge in [0.05, 0.1) is 7.11 Å². The SMILES string of the molecule is CCc1ccc(Br)nc1C(=O)OC. The molecule has 70 valence electrons. The lowest BCUT2D eigenvalue weighted by Gasteiger charge is -2.04. The molecule has 0 amide bonds. The highest BCUT2D eigenvalue weighted by Gasteiger charge is 2.12. The van der Waals surface area contributed by atoms with Crippen LogP contribution in [0.25, 0.3) is 0 Å². The van der Waals surface area contributed by atoms with E-state index in [0.29, 0.717) is 10.3 Å². The zero-order chi connectivity index (χ0) is 9.84. The van der Waals surface area contributed by atoms with E-state index in [1.165, 1.54) is 7.11 Å². The molecular formula is C9H10BrNO2. The third-order valence-electron chi connectivity index (χ3n) is 1.70. The average molecular weight is 244 g/mol. The molecule has 1 aromatic rings. The molecule has 0 aromatic carbocycles. The Morgan fingerprint density at radius 1 is 1.62 bits per heavy atom. The van der Waals surface area contributed by atoms with Gasteiger partial charge in [-0.15, -0.1) is 0 Å². The number of hydrogen-bond donors (Lipinski definition) is 0. The summed E-state index contributed by atoms with van der Waals surface area (Å²) in [6, 6.07) is 3.68. The van der Waals surface area contributed by atoms with Crippen LogP contribution in [-0.4, -0.2) is 18.1 Å². The maximum atomic E-state index is 11.2. The summed E-state index contributed by atoms with van der Waals surface area (Å²) >= 11 is 3.20. The van der Waals surface area contributed by atoms with Crippen molar-refractivity contribution in [3.63, 3.8) is 0 Å². The summed E-state index contributed by atoms with van der Waals surface area (Å²) < 4.78 is 5.26. The molecule has 0 fully saturated rings. The summed E-state index contributed by atoms with van der Waals surface area (Å²) in [7, 11) is 1.35. The van der Waals surface area contributed by atoms with Crippen molar-refractivity contribution in [2.24, 2.45) is 0 Å². The molecule has 0 bridgehead atoms. The van der Waals surface area contributed by atoms with Crippen LogP contribution in [0.4, 0.5) is 0 Å². The monoisotopic (exact) mass is 243 g/mol. The second-order valence-electron chi connectivity index (χ2n) is 2.49. The van der Waals surface area contributed by atoms with Crippen LogP contribution in [0.3, 0.4) is 0 Å². The Bertz CT molecular complexity index is 325. The Morgan fingerprint density at radius 2 is 2.31 bits per heavy atom. The van der Waals surface area contributed by atoms with Gasteiger partial charge in [-0.1, -0.05) is 13.0 Å². The van der Waals surface area contributed by atoms with Crippen LogP contribution in [0, 0.1) is 0 Å². The van der Waals surface area contributed by atoms with E-state index in [-0.39, 0.29) is 0 Å². The highest BCUT2D eigenvalue weighted by Crippen LogP contribution is 2.13. The Kier molecular flexibility index (Phi) is 3.42. The van der Waals surface area contributed by atoms with Crippen LogP contribution in [0.15, 0.2) is 16.7 Å². The van der Waals surface area contributed by atoms with E-state index in [1.807, 2.05) is 19.1 Å². The predicted octanol–water partition coefficient (Wildman–Crippen LogP) is 2.19. The molecule has 0 unspecified atom stereocenters. The third kappa shape index (κ3) is 2.28. The maximum absolute atomic E-state index is 11.2. The molecule has 1 rings (SSSR count). The highest BCUT2D eigenvalue weighted by atomic mass is 79.9. The molecule has 0 N–H and O–H groups in total. The standard InChI is InChI=1S/C9H10BrNO2/c1-3-6-4-5-7(10)11-8(6)9(12)13-2/h4-5H,3H2,1-2H3. The minimum Gasteiger partial charge on any atom is -0.464 e. The van der Waals surface area contributed by atoms with Crippen molar-refractivity contribution in [1.29, 1.82) is 0 Å². The lowest BCUT2D eigenvalue weighted by atomic mass is 10.1. The molecule has 3 nitrogen and oxygen atoms in total. The van der Waals surface area contributed by atoms with Crippen LogP contribution >= 0.6 is 15.9 Å². The van der Waals surface area contributed by atoms with Crippen molar-refractivity contribution >= 4 is 21.9 Å². The number of carbonyl (C=O) groups is 1. The first-order valence-electron chi connectivity index (χ1n) is 3.92. The fourth-order valence-electron chi connectivity index (χ4n) is 1.02. The molecule has 0 aliphatic carbocycles. The minimum absolute atomic E-state index is 0.388. The van der Waals surface area contributed by atoms with Crippen LogP contribution in [0.5, 0.6) is 0 Å². The van der Waals surface area contributed by atoms with Crippen molar-refractivity contribution < 1.29 is 9.53 Å². The summed E-state index contributed by atoms with van der Waals surface area (Å²) in [4.78, 5) is 15.3. The topological polar surface area (TPSA) is 39.2 Å². The van der Waals surface area contributed by atoms with Gasteiger partial charge < -0.3 is 4.74 Å². The van der Waals surface area contributed by atoms with E-state index < -0.39 is 5.97 Å². The number of nitrogens with zero attached hydrogens (tertiary/aromatic N) is 1. The zero-order valence-corrected chi connectivity index (χ0v) is 9.09. The minimum atomic E-state index is -0.391. The lowest BCUT2D eigenvalue weighted by Crippen LogP contribution is -2.08. The van der Waals surface area contributed by atoms with Crippen molar-refractivity contribution in [3.05, 3.63) is 28.0 Å². The molecule has 0 aliphatic rings. The van der Waals surface area contributed by atoms with Gasteiger partial charge in [0.2, 0.25) is 0 Å². The van der Waals surface area contributed by atoms with Gasteiger partial charge in [-0.2, -0.15) is 0 Å². The van der Waals surface area contributed by atoms with Crippen LogP contribution in [-0.2, 0) is 11.2 Å². The average Bonchev–Trinajstić information content (AvgIpc) is 2.16. The van der Waals surface area contributed by atoms with Crippen LogP contribution in [0.1, 0.15) is 23.0 Å². The summed E-state index contributed by atoms with van der Waals surface area (Å²) in [5.74, 6) is -0.391. The first kappa shape index (κ1) is 10.2. The smallest absolute Gasteiger partial charge is 0.356 e. The Balaban J connectivity index is 3.15. The zero-order valence-electron chi connectivity index (χ0n) is 7.50. The van der Waals surface area contributed by atoms with Gasteiger partial charge in [0, 0.05) is 0 Å². The number of aryl methyl sites for hydroxylation is 1. The van der Waals surface area contributed by atoms with E-state index in [2.05, 4.69) is 25.7 Å². The largest absolute Gasteiger partial charge is 0.464 e. The number of halogens is 1. The number of aromatic nitrogens is 1. The van der Waals surface area contributed by atoms with Gasteiger partial charge in [0.1, 0.15) is 4.60 Å². The normalized spacial score (nSPS) is 9.77. The molecular weight excluding hydrogens is 234 g/mol. The number of methoxy groups -OCH3 is 1. The fourth-order valence-corrected chi connectivity index (χ4v) is 1.33. The molecule has 4 heteroatoms. The predicted molar refractivity (Wildman–Crippen MR) is 52.7 cm³/mol. The summed E-state index contributed by atoms with van der Waals surface area (Å²) in [5, 5.41) is 0. The number of ether oxygens (including phenoxy) is 1. The van der Waals surface area contributed by atoms with Crippen LogP contribution in [0.2, 0.25) is 0 Å². The van der Waals surface area contributed by atoms with Gasteiger partial charge in [-0.25, -0.2) is 9.78 Å². The van der Waals surface area contributed by atoms with E-state index in [1.54, 1.807) is 0 Å². The second kappa shape index (κ2) is 4.37. The molecule has 0 saturated heterocycles. The van der Waals surface area contributed by atoms with Crippen molar-refractivity contribution in [2.45, 2.75) is 13.3 Å². The quantitative estimate of drug-likeness (QED) is 0.591. The fraction of sp³-hybridized carbons (Fsp3) is 0.333. The van der Waals surface area contributed by atoms with Gasteiger partial charge >= 0.3 is 5.97 Å². The van der Waals surface area contributed by atoms with E-state index in [9.17, 15) is 4.79 Å². The lowest BCUT2D eigenvalue weighted by molar-refractivity contribution is 0.0592. The number of rotatable bonds is 2. The summed E-state index contributed by atoms with van der Waals surface area (Å²) in [6.45, 7) is 1.97. The molecule has 1 heterocycles. The Labute approximate surface area is 85.3 Å². The van der Waals surface area contributed by atoms with Crippen molar-refractivity contribution in [3.8, 4) is 0 Å². The van der Waals surface area contributed by atoms with Gasteiger partial charge in [0.25, 0.3) is 0 Å². The van der Waals surface area contributed by atoms with Crippen molar-refractivity contribution in [2.75, 3.05) is 7.11 Å². The van der Waals surface area contributed by atoms with Gasteiger partial charge in [-0.05, 0) is 34.0 Å². The molecule has 0 radical (unpaired) electrons. The molecule has 0 spiro atoms. The number of carbonyl (C=O) groups excluding carboxylic acids is 1. The second-order valence-corrected chi connectivity index (χ2v) is 3.30. The van der Waals surface area contributed by atoms with E-state index >= 15 is 0 Å². The summed E-state index contributed by atoms with van der Waals surface area (Å²) in [6.07, 6.45) is 0.769. The van der Waals surface area contributed by atoms with Gasteiger partial charge in [0.15, 0.2) is 5.69 Å². The number of hydrogen-bond acceptors (Lipinski definition) is 3. The molecule has 0 aliphatic heterocycles. The van der Waals surface area contributed by atoms with Gasteiger partial charge in [-0.3, -0.25) is 0 Å². The molecule has 0 atom stereocenters. The van der Waals surface area contributed by atoms with E-state index in [4.69, 9.17) is 0 Å². The molecule has 0 saturated carbocycles. The first-order valence-corrected chi connectivity index (χ1v) is 4.72. The Hall–Kier alpha value is -0.900. The maximum Gasteiger partial charge on any atom is 0.356 e. The number of pyridine rings is 1. The molecule has 13 heavy (non-hydrogen) atoms. The molecule has 1 aromatic heterocycles.